The third-order valence-corrected chi connectivity index (χ3v) is 6.34. The fourth-order valence-corrected chi connectivity index (χ4v) is 4.52. The van der Waals surface area contributed by atoms with Gasteiger partial charge in [-0.25, -0.2) is 14.5 Å². The summed E-state index contributed by atoms with van der Waals surface area (Å²) in [5.74, 6) is 0.480. The molecule has 1 saturated heterocycles. The summed E-state index contributed by atoms with van der Waals surface area (Å²) < 4.78 is 6.96. The Labute approximate surface area is 186 Å². The van der Waals surface area contributed by atoms with Crippen LogP contribution in [-0.2, 0) is 17.9 Å². The minimum Gasteiger partial charge on any atom is -0.457 e. The van der Waals surface area contributed by atoms with Crippen LogP contribution in [0.4, 0.5) is 0 Å². The van der Waals surface area contributed by atoms with Crippen LogP contribution >= 0.6 is 0 Å². The fraction of sp³-hybridized carbons (Fsp3) is 0.333. The highest BCUT2D eigenvalue weighted by molar-refractivity contribution is 5.94. The monoisotopic (exact) mass is 428 g/mol. The number of fused-ring (bicyclic) bond motifs is 1. The molecule has 162 valence electrons. The Morgan fingerprint density at radius 3 is 3.00 bits per heavy atom. The van der Waals surface area contributed by atoms with Crippen molar-refractivity contribution < 1.29 is 9.53 Å². The van der Waals surface area contributed by atoms with Crippen molar-refractivity contribution in [3.63, 3.8) is 0 Å². The number of hydrogen-bond acceptors (Lipinski definition) is 7. The summed E-state index contributed by atoms with van der Waals surface area (Å²) in [5, 5.41) is 17.2. The molecule has 0 spiro atoms. The molecule has 1 aromatic carbocycles. The second-order valence-corrected chi connectivity index (χ2v) is 8.39. The van der Waals surface area contributed by atoms with E-state index in [-0.39, 0.29) is 12.0 Å². The van der Waals surface area contributed by atoms with Gasteiger partial charge in [-0.1, -0.05) is 6.07 Å². The lowest BCUT2D eigenvalue weighted by Gasteiger charge is -2.34. The second kappa shape index (κ2) is 8.19. The lowest BCUT2D eigenvalue weighted by Crippen LogP contribution is -2.45. The Morgan fingerprint density at radius 1 is 1.31 bits per heavy atom. The van der Waals surface area contributed by atoms with Gasteiger partial charge in [-0.2, -0.15) is 10.4 Å². The van der Waals surface area contributed by atoms with Gasteiger partial charge in [0.15, 0.2) is 5.82 Å². The fourth-order valence-electron chi connectivity index (χ4n) is 4.52. The molecule has 4 heterocycles. The van der Waals surface area contributed by atoms with Gasteiger partial charge in [-0.3, -0.25) is 4.90 Å². The maximum absolute atomic E-state index is 11.8. The Morgan fingerprint density at radius 2 is 2.19 bits per heavy atom. The SMILES string of the molecule is Cc1cc(-n2cc(CN3CCN[C@H](c4ccc5c(c4C)COC5=O)C3)cn2)ncc1C#N. The van der Waals surface area contributed by atoms with Gasteiger partial charge in [0, 0.05) is 55.7 Å². The third kappa shape index (κ3) is 3.66. The summed E-state index contributed by atoms with van der Waals surface area (Å²) in [5.41, 5.74) is 6.64. The van der Waals surface area contributed by atoms with Crippen molar-refractivity contribution in [3.8, 4) is 11.9 Å². The smallest absolute Gasteiger partial charge is 0.338 e. The number of nitrogens with one attached hydrogen (secondary N) is 1. The molecule has 1 fully saturated rings. The van der Waals surface area contributed by atoms with Crippen molar-refractivity contribution in [3.05, 3.63) is 75.7 Å². The number of ether oxygens (including phenoxy) is 1. The van der Waals surface area contributed by atoms with Crippen LogP contribution in [0.15, 0.2) is 36.8 Å². The van der Waals surface area contributed by atoms with Gasteiger partial charge in [-0.15, -0.1) is 0 Å². The standard InChI is InChI=1S/C24H24N6O2/c1-15-7-23(27-10-18(15)8-25)30-12-17(9-28-30)11-29-6-5-26-22(13-29)19-3-4-20-21(16(19)2)14-32-24(20)31/h3-4,7,9-10,12,22,26H,5-6,11,13-14H2,1-2H3/t22-/m0/s1. The van der Waals surface area contributed by atoms with E-state index in [1.165, 1.54) is 5.56 Å². The van der Waals surface area contributed by atoms with E-state index in [0.717, 1.165) is 48.4 Å². The Hall–Kier alpha value is -3.54. The lowest BCUT2D eigenvalue weighted by atomic mass is 9.93. The van der Waals surface area contributed by atoms with Crippen LogP contribution in [0.3, 0.4) is 0 Å². The molecular formula is C24H24N6O2. The average molecular weight is 428 g/mol. The van der Waals surface area contributed by atoms with Crippen molar-refractivity contribution >= 4 is 5.97 Å². The van der Waals surface area contributed by atoms with E-state index in [4.69, 9.17) is 10.00 Å². The second-order valence-electron chi connectivity index (χ2n) is 8.39. The molecule has 8 nitrogen and oxygen atoms in total. The van der Waals surface area contributed by atoms with Crippen LogP contribution in [0, 0.1) is 25.2 Å². The van der Waals surface area contributed by atoms with E-state index >= 15 is 0 Å². The van der Waals surface area contributed by atoms with Gasteiger partial charge < -0.3 is 10.1 Å². The van der Waals surface area contributed by atoms with E-state index in [9.17, 15) is 4.79 Å². The molecule has 0 amide bonds. The van der Waals surface area contributed by atoms with E-state index in [1.807, 2.05) is 31.5 Å². The van der Waals surface area contributed by atoms with Gasteiger partial charge in [0.05, 0.1) is 17.3 Å². The molecule has 5 rings (SSSR count). The Kier molecular flexibility index (Phi) is 5.21. The zero-order valence-corrected chi connectivity index (χ0v) is 18.1. The number of rotatable bonds is 4. The molecule has 32 heavy (non-hydrogen) atoms. The Bertz CT molecular complexity index is 1240. The van der Waals surface area contributed by atoms with Gasteiger partial charge in [0.2, 0.25) is 0 Å². The zero-order valence-electron chi connectivity index (χ0n) is 18.1. The van der Waals surface area contributed by atoms with E-state index in [0.29, 0.717) is 23.6 Å². The molecule has 3 aromatic rings. The van der Waals surface area contributed by atoms with Gasteiger partial charge in [-0.05, 0) is 42.7 Å². The molecule has 2 aliphatic rings. The first-order valence-corrected chi connectivity index (χ1v) is 10.7. The number of carbonyl (C=O) groups excluding carboxylic acids is 1. The van der Waals surface area contributed by atoms with Gasteiger partial charge in [0.1, 0.15) is 12.7 Å². The summed E-state index contributed by atoms with van der Waals surface area (Å²) >= 11 is 0. The van der Waals surface area contributed by atoms with Crippen molar-refractivity contribution in [1.82, 2.24) is 25.0 Å². The van der Waals surface area contributed by atoms with Crippen LogP contribution in [-0.4, -0.2) is 45.3 Å². The predicted molar refractivity (Wildman–Crippen MR) is 117 cm³/mol. The molecular weight excluding hydrogens is 404 g/mol. The number of nitriles is 1. The molecule has 0 unspecified atom stereocenters. The van der Waals surface area contributed by atoms with E-state index < -0.39 is 0 Å². The number of benzene rings is 1. The van der Waals surface area contributed by atoms with Crippen LogP contribution in [0.1, 0.15) is 49.8 Å². The van der Waals surface area contributed by atoms with Gasteiger partial charge >= 0.3 is 5.97 Å². The average Bonchev–Trinajstić information content (AvgIpc) is 3.41. The number of carbonyl (C=O) groups is 1. The number of cyclic esters (lactones) is 1. The lowest BCUT2D eigenvalue weighted by molar-refractivity contribution is 0.0535. The first-order valence-electron chi connectivity index (χ1n) is 10.7. The molecule has 8 heteroatoms. The molecule has 0 saturated carbocycles. The van der Waals surface area contributed by atoms with Crippen LogP contribution in [0.5, 0.6) is 0 Å². The summed E-state index contributed by atoms with van der Waals surface area (Å²) in [4.78, 5) is 18.6. The molecule has 0 bridgehead atoms. The normalized spacial score (nSPS) is 18.3. The van der Waals surface area contributed by atoms with Crippen LogP contribution < -0.4 is 5.32 Å². The maximum atomic E-state index is 11.8. The number of pyridine rings is 1. The topological polar surface area (TPSA) is 96.1 Å². The number of aryl methyl sites for hydroxylation is 1. The molecule has 0 radical (unpaired) electrons. The summed E-state index contributed by atoms with van der Waals surface area (Å²) in [6.45, 7) is 7.84. The zero-order chi connectivity index (χ0) is 22.2. The summed E-state index contributed by atoms with van der Waals surface area (Å²) in [6, 6.07) is 8.16. The number of esters is 1. The molecule has 2 aromatic heterocycles. The highest BCUT2D eigenvalue weighted by Gasteiger charge is 2.28. The molecule has 1 atom stereocenters. The van der Waals surface area contributed by atoms with Crippen LogP contribution in [0.25, 0.3) is 5.82 Å². The first-order chi connectivity index (χ1) is 15.5. The van der Waals surface area contributed by atoms with Gasteiger partial charge in [0.25, 0.3) is 0 Å². The van der Waals surface area contributed by atoms with Crippen molar-refractivity contribution in [2.24, 2.45) is 0 Å². The molecule has 1 N–H and O–H groups in total. The number of aromatic nitrogens is 3. The van der Waals surface area contributed by atoms with Crippen LogP contribution in [0.2, 0.25) is 0 Å². The minimum atomic E-state index is -0.225. The summed E-state index contributed by atoms with van der Waals surface area (Å²) in [6.07, 6.45) is 5.45. The maximum Gasteiger partial charge on any atom is 0.338 e. The minimum absolute atomic E-state index is 0.197. The number of nitrogens with zero attached hydrogens (tertiary/aromatic N) is 5. The van der Waals surface area contributed by atoms with Crippen molar-refractivity contribution in [2.75, 3.05) is 19.6 Å². The third-order valence-electron chi connectivity index (χ3n) is 6.34. The summed E-state index contributed by atoms with van der Waals surface area (Å²) in [7, 11) is 0. The highest BCUT2D eigenvalue weighted by Crippen LogP contribution is 2.30. The first kappa shape index (κ1) is 20.4. The number of piperazine rings is 1. The Balaban J connectivity index is 1.30. The van der Waals surface area contributed by atoms with Crippen molar-refractivity contribution in [1.29, 1.82) is 5.26 Å². The molecule has 2 aliphatic heterocycles. The van der Waals surface area contributed by atoms with Crippen molar-refractivity contribution in [2.45, 2.75) is 33.0 Å². The quantitative estimate of drug-likeness (QED) is 0.638. The molecule has 0 aliphatic carbocycles. The van der Waals surface area contributed by atoms with E-state index in [1.54, 1.807) is 10.9 Å². The predicted octanol–water partition coefficient (Wildman–Crippen LogP) is 2.57. The largest absolute Gasteiger partial charge is 0.457 e. The van der Waals surface area contributed by atoms with E-state index in [2.05, 4.69) is 39.4 Å². The highest BCUT2D eigenvalue weighted by atomic mass is 16.5. The number of hydrogen-bond donors (Lipinski definition) is 1.